The zero-order valence-corrected chi connectivity index (χ0v) is 14.6. The van der Waals surface area contributed by atoms with E-state index in [-0.39, 0.29) is 5.91 Å². The maximum absolute atomic E-state index is 12.1. The van der Waals surface area contributed by atoms with Gasteiger partial charge in [0.05, 0.1) is 13.2 Å². The topological polar surface area (TPSA) is 47.6 Å². The molecular weight excluding hydrogens is 302 g/mol. The minimum Gasteiger partial charge on any atom is -0.490 e. The van der Waals surface area contributed by atoms with Gasteiger partial charge < -0.3 is 14.8 Å². The van der Waals surface area contributed by atoms with Crippen LogP contribution in [0.4, 0.5) is 0 Å². The number of ether oxygens (including phenoxy) is 2. The van der Waals surface area contributed by atoms with Gasteiger partial charge in [-0.15, -0.1) is 0 Å². The number of nitrogens with one attached hydrogen (secondary N) is 1. The second-order valence-corrected chi connectivity index (χ2v) is 5.52. The van der Waals surface area contributed by atoms with Crippen LogP contribution in [-0.2, 0) is 6.42 Å². The van der Waals surface area contributed by atoms with E-state index in [1.54, 1.807) is 0 Å². The van der Waals surface area contributed by atoms with Crippen LogP contribution in [0.3, 0.4) is 0 Å². The summed E-state index contributed by atoms with van der Waals surface area (Å²) in [7, 11) is 0. The summed E-state index contributed by atoms with van der Waals surface area (Å²) in [6, 6.07) is 13.5. The van der Waals surface area contributed by atoms with E-state index in [0.717, 1.165) is 29.0 Å². The lowest BCUT2D eigenvalue weighted by molar-refractivity contribution is 0.0954. The molecule has 0 radical (unpaired) electrons. The fraction of sp³-hybridized carbons (Fsp3) is 0.350. The lowest BCUT2D eigenvalue weighted by atomic mass is 10.1. The van der Waals surface area contributed by atoms with E-state index in [1.807, 2.05) is 63.2 Å². The molecular formula is C20H25NO3. The average molecular weight is 327 g/mol. The van der Waals surface area contributed by atoms with Crippen LogP contribution in [-0.4, -0.2) is 25.7 Å². The Bertz CT molecular complexity index is 665. The molecule has 0 fully saturated rings. The van der Waals surface area contributed by atoms with E-state index in [0.29, 0.717) is 25.3 Å². The molecule has 0 saturated heterocycles. The number of carbonyl (C=O) groups is 1. The van der Waals surface area contributed by atoms with E-state index in [4.69, 9.17) is 9.47 Å². The Morgan fingerprint density at radius 1 is 0.958 bits per heavy atom. The van der Waals surface area contributed by atoms with Crippen molar-refractivity contribution in [3.05, 3.63) is 59.2 Å². The molecule has 128 valence electrons. The summed E-state index contributed by atoms with van der Waals surface area (Å²) in [6.07, 6.45) is 0.740. The third-order valence-electron chi connectivity index (χ3n) is 3.62. The summed E-state index contributed by atoms with van der Waals surface area (Å²) < 4.78 is 11.2. The molecule has 0 spiro atoms. The van der Waals surface area contributed by atoms with Crippen LogP contribution >= 0.6 is 0 Å². The fourth-order valence-electron chi connectivity index (χ4n) is 2.38. The Balaban J connectivity index is 1.92. The molecule has 0 aliphatic rings. The van der Waals surface area contributed by atoms with Crippen LogP contribution in [0.5, 0.6) is 11.5 Å². The van der Waals surface area contributed by atoms with Gasteiger partial charge in [0, 0.05) is 12.1 Å². The molecule has 0 saturated carbocycles. The predicted molar refractivity (Wildman–Crippen MR) is 96.0 cm³/mol. The quantitative estimate of drug-likeness (QED) is 0.803. The summed E-state index contributed by atoms with van der Waals surface area (Å²) in [4.78, 5) is 12.1. The molecule has 0 heterocycles. The van der Waals surface area contributed by atoms with Gasteiger partial charge in [-0.25, -0.2) is 0 Å². The summed E-state index contributed by atoms with van der Waals surface area (Å²) in [5.41, 5.74) is 2.93. The van der Waals surface area contributed by atoms with Crippen LogP contribution in [0, 0.1) is 6.92 Å². The smallest absolute Gasteiger partial charge is 0.251 e. The number of hydrogen-bond donors (Lipinski definition) is 1. The van der Waals surface area contributed by atoms with Crippen LogP contribution < -0.4 is 14.8 Å². The maximum atomic E-state index is 12.1. The first-order valence-electron chi connectivity index (χ1n) is 8.37. The highest BCUT2D eigenvalue weighted by Crippen LogP contribution is 2.28. The Morgan fingerprint density at radius 3 is 2.29 bits per heavy atom. The summed E-state index contributed by atoms with van der Waals surface area (Å²) in [6.45, 7) is 7.67. The average Bonchev–Trinajstić information content (AvgIpc) is 2.58. The van der Waals surface area contributed by atoms with E-state index in [1.165, 1.54) is 0 Å². The largest absolute Gasteiger partial charge is 0.490 e. The maximum Gasteiger partial charge on any atom is 0.251 e. The highest BCUT2D eigenvalue weighted by Gasteiger charge is 2.07. The third-order valence-corrected chi connectivity index (χ3v) is 3.62. The number of rotatable bonds is 8. The van der Waals surface area contributed by atoms with E-state index in [9.17, 15) is 4.79 Å². The second-order valence-electron chi connectivity index (χ2n) is 5.52. The number of carbonyl (C=O) groups excluding carboxylic acids is 1. The van der Waals surface area contributed by atoms with Crippen molar-refractivity contribution in [2.45, 2.75) is 27.2 Å². The first-order chi connectivity index (χ1) is 11.6. The minimum atomic E-state index is -0.0500. The number of benzene rings is 2. The van der Waals surface area contributed by atoms with Crippen molar-refractivity contribution >= 4 is 5.91 Å². The molecule has 0 bridgehead atoms. The first kappa shape index (κ1) is 17.9. The number of amides is 1. The lowest BCUT2D eigenvalue weighted by Gasteiger charge is -2.12. The molecule has 2 rings (SSSR count). The summed E-state index contributed by atoms with van der Waals surface area (Å²) >= 11 is 0. The zero-order valence-electron chi connectivity index (χ0n) is 14.6. The molecule has 0 aliphatic heterocycles. The molecule has 4 heteroatoms. The Hall–Kier alpha value is -2.49. The van der Waals surface area contributed by atoms with Gasteiger partial charge in [0.15, 0.2) is 11.5 Å². The first-order valence-corrected chi connectivity index (χ1v) is 8.37. The summed E-state index contributed by atoms with van der Waals surface area (Å²) in [5, 5.41) is 2.95. The molecule has 2 aromatic rings. The molecule has 0 unspecified atom stereocenters. The summed E-state index contributed by atoms with van der Waals surface area (Å²) in [5.74, 6) is 1.46. The molecule has 0 aromatic heterocycles. The Labute approximate surface area is 143 Å². The van der Waals surface area contributed by atoms with Gasteiger partial charge in [0.2, 0.25) is 0 Å². The highest BCUT2D eigenvalue weighted by molar-refractivity contribution is 5.94. The van der Waals surface area contributed by atoms with Gasteiger partial charge in [-0.2, -0.15) is 0 Å². The van der Waals surface area contributed by atoms with Gasteiger partial charge >= 0.3 is 0 Å². The van der Waals surface area contributed by atoms with Crippen molar-refractivity contribution in [2.75, 3.05) is 19.8 Å². The van der Waals surface area contributed by atoms with Gasteiger partial charge in [-0.3, -0.25) is 4.79 Å². The van der Waals surface area contributed by atoms with E-state index < -0.39 is 0 Å². The molecule has 0 atom stereocenters. The number of aryl methyl sites for hydroxylation is 1. The second kappa shape index (κ2) is 8.96. The van der Waals surface area contributed by atoms with Crippen LogP contribution in [0.2, 0.25) is 0 Å². The zero-order chi connectivity index (χ0) is 17.4. The monoisotopic (exact) mass is 327 g/mol. The van der Waals surface area contributed by atoms with Crippen molar-refractivity contribution in [3.8, 4) is 11.5 Å². The van der Waals surface area contributed by atoms with Crippen molar-refractivity contribution in [3.63, 3.8) is 0 Å². The normalized spacial score (nSPS) is 10.3. The fourth-order valence-corrected chi connectivity index (χ4v) is 2.38. The van der Waals surface area contributed by atoms with Gasteiger partial charge in [0.25, 0.3) is 5.91 Å². The Kier molecular flexibility index (Phi) is 6.67. The minimum absolute atomic E-state index is 0.0500. The molecule has 0 aliphatic carbocycles. The lowest BCUT2D eigenvalue weighted by Crippen LogP contribution is -2.25. The van der Waals surface area contributed by atoms with Crippen molar-refractivity contribution in [1.29, 1.82) is 0 Å². The van der Waals surface area contributed by atoms with Gasteiger partial charge in [0.1, 0.15) is 0 Å². The molecule has 1 N–H and O–H groups in total. The molecule has 2 aromatic carbocycles. The Morgan fingerprint density at radius 2 is 1.62 bits per heavy atom. The predicted octanol–water partition coefficient (Wildman–Crippen LogP) is 3.76. The van der Waals surface area contributed by atoms with Gasteiger partial charge in [-0.1, -0.05) is 23.8 Å². The molecule has 24 heavy (non-hydrogen) atoms. The molecule has 1 amide bonds. The highest BCUT2D eigenvalue weighted by atomic mass is 16.5. The number of hydrogen-bond acceptors (Lipinski definition) is 3. The molecule has 4 nitrogen and oxygen atoms in total. The van der Waals surface area contributed by atoms with E-state index >= 15 is 0 Å². The van der Waals surface area contributed by atoms with Crippen LogP contribution in [0.15, 0.2) is 42.5 Å². The van der Waals surface area contributed by atoms with E-state index in [2.05, 4.69) is 5.32 Å². The van der Waals surface area contributed by atoms with Crippen molar-refractivity contribution in [1.82, 2.24) is 5.32 Å². The van der Waals surface area contributed by atoms with Gasteiger partial charge in [-0.05, 0) is 57.0 Å². The third kappa shape index (κ3) is 5.01. The van der Waals surface area contributed by atoms with Crippen LogP contribution in [0.25, 0.3) is 0 Å². The van der Waals surface area contributed by atoms with Crippen LogP contribution in [0.1, 0.15) is 35.3 Å². The standard InChI is InChI=1S/C20H25NO3/c1-4-23-18-11-8-16(14-19(18)24-5-2)12-13-21-20(22)17-9-6-15(3)7-10-17/h6-11,14H,4-5,12-13H2,1-3H3,(H,21,22). The van der Waals surface area contributed by atoms with Crippen molar-refractivity contribution in [2.24, 2.45) is 0 Å². The SMILES string of the molecule is CCOc1ccc(CCNC(=O)c2ccc(C)cc2)cc1OCC. The van der Waals surface area contributed by atoms with Crippen molar-refractivity contribution < 1.29 is 14.3 Å².